The Morgan fingerprint density at radius 2 is 1.43 bits per heavy atom. The van der Waals surface area contributed by atoms with Crippen molar-refractivity contribution in [2.24, 2.45) is 0 Å². The molecule has 4 rings (SSSR count). The van der Waals surface area contributed by atoms with E-state index in [4.69, 9.17) is 23.2 Å². The summed E-state index contributed by atoms with van der Waals surface area (Å²) in [4.78, 5) is 30.0. The third-order valence-electron chi connectivity index (χ3n) is 7.16. The van der Waals surface area contributed by atoms with Gasteiger partial charge in [0.05, 0.1) is 10.6 Å². The van der Waals surface area contributed by atoms with Crippen molar-refractivity contribution in [1.82, 2.24) is 10.2 Å². The summed E-state index contributed by atoms with van der Waals surface area (Å²) < 4.78 is 30.1. The molecule has 1 N–H and O–H groups in total. The average Bonchev–Trinajstić information content (AvgIpc) is 2.99. The molecule has 0 saturated heterocycles. The zero-order valence-electron chi connectivity index (χ0n) is 26.0. The fraction of sp³-hybridized carbons (Fsp3) is 0.257. The Bertz CT molecular complexity index is 1760. The van der Waals surface area contributed by atoms with Crippen LogP contribution >= 0.6 is 39.1 Å². The molecule has 0 bridgehead atoms. The Balaban J connectivity index is 1.85. The predicted octanol–water partition coefficient (Wildman–Crippen LogP) is 7.81. The summed E-state index contributed by atoms with van der Waals surface area (Å²) in [6, 6.07) is 26.4. The maximum atomic E-state index is 14.6. The van der Waals surface area contributed by atoms with E-state index in [9.17, 15) is 18.0 Å². The number of benzene rings is 4. The molecule has 7 nitrogen and oxygen atoms in total. The number of nitrogens with zero attached hydrogens (tertiary/aromatic N) is 2. The molecule has 4 aromatic rings. The molecule has 0 unspecified atom stereocenters. The summed E-state index contributed by atoms with van der Waals surface area (Å²) in [5.74, 6) is -1.01. The van der Waals surface area contributed by atoms with Crippen LogP contribution in [0.5, 0.6) is 0 Å². The molecule has 0 aliphatic carbocycles. The zero-order valence-corrected chi connectivity index (χ0v) is 29.9. The molecule has 46 heavy (non-hydrogen) atoms. The van der Waals surface area contributed by atoms with E-state index in [1.165, 1.54) is 17.0 Å². The van der Waals surface area contributed by atoms with Crippen LogP contribution < -0.4 is 9.62 Å². The van der Waals surface area contributed by atoms with E-state index in [0.717, 1.165) is 19.9 Å². The molecule has 0 spiro atoms. The highest BCUT2D eigenvalue weighted by atomic mass is 79.9. The summed E-state index contributed by atoms with van der Waals surface area (Å²) in [5, 5.41) is 3.64. The van der Waals surface area contributed by atoms with Gasteiger partial charge in [-0.05, 0) is 81.8 Å². The van der Waals surface area contributed by atoms with Gasteiger partial charge in [0.15, 0.2) is 0 Å². The Hall–Kier alpha value is -3.37. The van der Waals surface area contributed by atoms with Crippen molar-refractivity contribution in [2.75, 3.05) is 10.8 Å². The average molecular weight is 746 g/mol. The van der Waals surface area contributed by atoms with Gasteiger partial charge in [-0.25, -0.2) is 8.42 Å². The monoisotopic (exact) mass is 743 g/mol. The molecular formula is C35H36BrCl2N3O4S. The fourth-order valence-electron chi connectivity index (χ4n) is 4.83. The Morgan fingerprint density at radius 1 is 0.848 bits per heavy atom. The summed E-state index contributed by atoms with van der Waals surface area (Å²) >= 11 is 16.6. The van der Waals surface area contributed by atoms with Gasteiger partial charge in [-0.1, -0.05) is 93.2 Å². The number of aryl methyl sites for hydroxylation is 1. The number of nitrogens with one attached hydrogen (secondary N) is 1. The molecule has 4 aromatic carbocycles. The van der Waals surface area contributed by atoms with E-state index in [1.54, 1.807) is 54.6 Å². The smallest absolute Gasteiger partial charge is 0.264 e. The zero-order chi connectivity index (χ0) is 33.6. The highest BCUT2D eigenvalue weighted by Crippen LogP contribution is 2.30. The summed E-state index contributed by atoms with van der Waals surface area (Å²) in [6.07, 6.45) is 0.166. The van der Waals surface area contributed by atoms with Crippen LogP contribution in [0.1, 0.15) is 37.5 Å². The van der Waals surface area contributed by atoms with Crippen molar-refractivity contribution in [3.8, 4) is 0 Å². The van der Waals surface area contributed by atoms with Crippen molar-refractivity contribution in [1.29, 1.82) is 0 Å². The number of anilines is 1. The topological polar surface area (TPSA) is 86.8 Å². The normalized spacial score (nSPS) is 12.3. The van der Waals surface area contributed by atoms with Crippen molar-refractivity contribution in [3.05, 3.63) is 128 Å². The number of sulfonamides is 1. The molecule has 0 heterocycles. The molecule has 0 aliphatic heterocycles. The van der Waals surface area contributed by atoms with Gasteiger partial charge < -0.3 is 10.2 Å². The van der Waals surface area contributed by atoms with E-state index in [-0.39, 0.29) is 23.5 Å². The van der Waals surface area contributed by atoms with Crippen LogP contribution in [0.4, 0.5) is 5.69 Å². The number of carbonyl (C=O) groups excluding carboxylic acids is 2. The molecule has 0 radical (unpaired) electrons. The minimum atomic E-state index is -4.22. The highest BCUT2D eigenvalue weighted by molar-refractivity contribution is 9.10. The lowest BCUT2D eigenvalue weighted by atomic mass is 10.0. The number of amides is 2. The third-order valence-corrected chi connectivity index (χ3v) is 10.2. The summed E-state index contributed by atoms with van der Waals surface area (Å²) in [5.41, 5.74) is 1.82. The highest BCUT2D eigenvalue weighted by Gasteiger charge is 2.36. The molecule has 2 amide bonds. The minimum absolute atomic E-state index is 0.0285. The molecule has 0 aromatic heterocycles. The standard InChI is InChI=1S/C35H36BrCl2N3O4S/c1-24-13-19-28(20-14-24)46(44,45)41(27-17-15-26(36)16-18-27)23-33(42)40(22-29-30(37)11-8-12-31(29)38)32(34(43)39-35(2,3)4)21-25-9-6-5-7-10-25/h5-20,32H,21-23H2,1-4H3,(H,39,43)/t32-/m1/s1. The Kier molecular flexibility index (Phi) is 11.6. The van der Waals surface area contributed by atoms with Crippen LogP contribution in [-0.2, 0) is 32.6 Å². The second-order valence-corrected chi connectivity index (χ2v) is 15.6. The molecule has 0 aliphatic rings. The van der Waals surface area contributed by atoms with E-state index in [1.807, 2.05) is 58.0 Å². The third kappa shape index (κ3) is 9.12. The van der Waals surface area contributed by atoms with Crippen LogP contribution in [0.25, 0.3) is 0 Å². The van der Waals surface area contributed by atoms with Crippen LogP contribution in [-0.4, -0.2) is 43.3 Å². The fourth-order valence-corrected chi connectivity index (χ4v) is 7.03. The van der Waals surface area contributed by atoms with Crippen LogP contribution in [0.3, 0.4) is 0 Å². The Morgan fingerprint density at radius 3 is 2.00 bits per heavy atom. The molecule has 242 valence electrons. The SMILES string of the molecule is Cc1ccc(S(=O)(=O)N(CC(=O)N(Cc2c(Cl)cccc2Cl)[C@H](Cc2ccccc2)C(=O)NC(C)(C)C)c2ccc(Br)cc2)cc1. The van der Waals surface area contributed by atoms with Gasteiger partial charge in [-0.15, -0.1) is 0 Å². The lowest BCUT2D eigenvalue weighted by Gasteiger charge is -2.35. The molecular weight excluding hydrogens is 709 g/mol. The summed E-state index contributed by atoms with van der Waals surface area (Å²) in [7, 11) is -4.22. The maximum Gasteiger partial charge on any atom is 0.264 e. The quantitative estimate of drug-likeness (QED) is 0.170. The number of hydrogen-bond donors (Lipinski definition) is 1. The molecule has 1 atom stereocenters. The van der Waals surface area contributed by atoms with E-state index in [2.05, 4.69) is 21.2 Å². The first kappa shape index (κ1) is 35.5. The van der Waals surface area contributed by atoms with Gasteiger partial charge in [0, 0.05) is 38.6 Å². The van der Waals surface area contributed by atoms with Gasteiger partial charge in [0.25, 0.3) is 10.0 Å². The minimum Gasteiger partial charge on any atom is -0.350 e. The predicted molar refractivity (Wildman–Crippen MR) is 189 cm³/mol. The van der Waals surface area contributed by atoms with Gasteiger partial charge >= 0.3 is 0 Å². The van der Waals surface area contributed by atoms with Crippen LogP contribution in [0.15, 0.2) is 106 Å². The largest absolute Gasteiger partial charge is 0.350 e. The lowest BCUT2D eigenvalue weighted by molar-refractivity contribution is -0.140. The van der Waals surface area contributed by atoms with Crippen molar-refractivity contribution >= 4 is 66.7 Å². The van der Waals surface area contributed by atoms with Crippen molar-refractivity contribution < 1.29 is 18.0 Å². The van der Waals surface area contributed by atoms with Crippen LogP contribution in [0, 0.1) is 6.92 Å². The number of halogens is 3. The van der Waals surface area contributed by atoms with Gasteiger partial charge in [0.2, 0.25) is 11.8 Å². The van der Waals surface area contributed by atoms with Crippen LogP contribution in [0.2, 0.25) is 10.0 Å². The molecule has 0 saturated carbocycles. The van der Waals surface area contributed by atoms with E-state index in [0.29, 0.717) is 15.6 Å². The molecule has 11 heteroatoms. The number of hydrogen-bond acceptors (Lipinski definition) is 4. The lowest BCUT2D eigenvalue weighted by Crippen LogP contribution is -2.56. The van der Waals surface area contributed by atoms with Crippen molar-refractivity contribution in [2.45, 2.75) is 57.1 Å². The number of rotatable bonds is 11. The first-order chi connectivity index (χ1) is 21.7. The second-order valence-electron chi connectivity index (χ2n) is 12.0. The van der Waals surface area contributed by atoms with Crippen molar-refractivity contribution in [3.63, 3.8) is 0 Å². The second kappa shape index (κ2) is 15.0. The number of carbonyl (C=O) groups is 2. The van der Waals surface area contributed by atoms with E-state index < -0.39 is 40.0 Å². The van der Waals surface area contributed by atoms with Gasteiger partial charge in [-0.3, -0.25) is 13.9 Å². The van der Waals surface area contributed by atoms with Gasteiger partial charge in [0.1, 0.15) is 12.6 Å². The maximum absolute atomic E-state index is 14.6. The summed E-state index contributed by atoms with van der Waals surface area (Å²) in [6.45, 7) is 6.69. The first-order valence-corrected chi connectivity index (χ1v) is 17.6. The first-order valence-electron chi connectivity index (χ1n) is 14.6. The Labute approximate surface area is 289 Å². The van der Waals surface area contributed by atoms with E-state index >= 15 is 0 Å². The molecule has 0 fully saturated rings. The van der Waals surface area contributed by atoms with Gasteiger partial charge in [-0.2, -0.15) is 0 Å².